The maximum Gasteiger partial charge on any atom is 0.262 e. The number of amides is 2. The summed E-state index contributed by atoms with van der Waals surface area (Å²) >= 11 is 0. The number of ether oxygens (including phenoxy) is 1. The Morgan fingerprint density at radius 1 is 1.03 bits per heavy atom. The zero-order valence-corrected chi connectivity index (χ0v) is 17.9. The van der Waals surface area contributed by atoms with Gasteiger partial charge in [-0.15, -0.1) is 12.4 Å². The van der Waals surface area contributed by atoms with Crippen LogP contribution in [0.3, 0.4) is 0 Å². The van der Waals surface area contributed by atoms with Crippen molar-refractivity contribution in [2.45, 2.75) is 33.2 Å². The van der Waals surface area contributed by atoms with E-state index in [9.17, 15) is 9.59 Å². The van der Waals surface area contributed by atoms with Crippen molar-refractivity contribution in [3.05, 3.63) is 59.7 Å². The average Bonchev–Trinajstić information content (AvgIpc) is 2.68. The first-order chi connectivity index (χ1) is 13.3. The fourth-order valence-corrected chi connectivity index (χ4v) is 2.49. The Labute approximate surface area is 178 Å². The van der Waals surface area contributed by atoms with E-state index in [1.54, 1.807) is 0 Å². The predicted molar refractivity (Wildman–Crippen MR) is 119 cm³/mol. The number of benzene rings is 2. The van der Waals surface area contributed by atoms with Gasteiger partial charge in [0.25, 0.3) is 5.91 Å². The van der Waals surface area contributed by atoms with Crippen molar-refractivity contribution in [3.8, 4) is 5.75 Å². The van der Waals surface area contributed by atoms with Crippen molar-refractivity contribution >= 4 is 29.9 Å². The van der Waals surface area contributed by atoms with Crippen LogP contribution in [0.1, 0.15) is 25.0 Å². The Morgan fingerprint density at radius 2 is 1.66 bits per heavy atom. The molecule has 0 bridgehead atoms. The van der Waals surface area contributed by atoms with E-state index in [1.807, 2.05) is 69.3 Å². The van der Waals surface area contributed by atoms with Crippen LogP contribution in [0.5, 0.6) is 5.75 Å². The summed E-state index contributed by atoms with van der Waals surface area (Å²) < 4.78 is 5.52. The molecular formula is C22H30ClN3O3. The number of hydrogen-bond acceptors (Lipinski definition) is 4. The van der Waals surface area contributed by atoms with Gasteiger partial charge in [0.2, 0.25) is 5.91 Å². The molecule has 2 aromatic rings. The minimum absolute atomic E-state index is 0. The van der Waals surface area contributed by atoms with Gasteiger partial charge in [0.15, 0.2) is 6.61 Å². The highest BCUT2D eigenvalue weighted by Gasteiger charge is 2.16. The van der Waals surface area contributed by atoms with E-state index in [2.05, 4.69) is 10.6 Å². The highest BCUT2D eigenvalue weighted by molar-refractivity contribution is 5.91. The van der Waals surface area contributed by atoms with Gasteiger partial charge in [-0.25, -0.2) is 0 Å². The lowest BCUT2D eigenvalue weighted by molar-refractivity contribution is -0.123. The maximum absolute atomic E-state index is 12.0. The van der Waals surface area contributed by atoms with E-state index in [4.69, 9.17) is 10.5 Å². The van der Waals surface area contributed by atoms with E-state index < -0.39 is 6.04 Å². The number of nitrogens with two attached hydrogens (primary N) is 1. The number of nitrogens with one attached hydrogen (secondary N) is 2. The number of anilines is 1. The molecule has 0 fully saturated rings. The van der Waals surface area contributed by atoms with Gasteiger partial charge >= 0.3 is 0 Å². The largest absolute Gasteiger partial charge is 0.484 e. The number of halogens is 1. The maximum atomic E-state index is 12.0. The molecular weight excluding hydrogens is 390 g/mol. The van der Waals surface area contributed by atoms with Crippen LogP contribution in [-0.2, 0) is 16.0 Å². The first kappa shape index (κ1) is 24.5. The highest BCUT2D eigenvalue weighted by atomic mass is 35.5. The fraction of sp³-hybridized carbons (Fsp3) is 0.364. The van der Waals surface area contributed by atoms with Gasteiger partial charge in [0.1, 0.15) is 5.75 Å². The number of rotatable bonds is 9. The van der Waals surface area contributed by atoms with Crippen LogP contribution in [0.4, 0.5) is 5.69 Å². The van der Waals surface area contributed by atoms with E-state index in [1.165, 1.54) is 0 Å². The molecule has 0 saturated heterocycles. The summed E-state index contributed by atoms with van der Waals surface area (Å²) in [6, 6.07) is 14.6. The lowest BCUT2D eigenvalue weighted by Crippen LogP contribution is -2.44. The van der Waals surface area contributed by atoms with Crippen LogP contribution in [0.2, 0.25) is 0 Å². The summed E-state index contributed by atoms with van der Waals surface area (Å²) in [7, 11) is 0. The highest BCUT2D eigenvalue weighted by Crippen LogP contribution is 2.13. The third kappa shape index (κ3) is 8.54. The Morgan fingerprint density at radius 3 is 2.24 bits per heavy atom. The van der Waals surface area contributed by atoms with Crippen molar-refractivity contribution in [3.63, 3.8) is 0 Å². The zero-order chi connectivity index (χ0) is 20.5. The van der Waals surface area contributed by atoms with E-state index >= 15 is 0 Å². The molecule has 158 valence electrons. The second-order valence-electron chi connectivity index (χ2n) is 7.16. The molecule has 0 aliphatic rings. The number of aryl methyl sites for hydroxylation is 1. The Balaban J connectivity index is 0.00000420. The summed E-state index contributed by atoms with van der Waals surface area (Å²) in [4.78, 5) is 23.8. The van der Waals surface area contributed by atoms with Crippen LogP contribution in [-0.4, -0.2) is 31.0 Å². The molecule has 2 aromatic carbocycles. The fourth-order valence-electron chi connectivity index (χ4n) is 2.49. The van der Waals surface area contributed by atoms with Crippen molar-refractivity contribution in [2.75, 3.05) is 18.5 Å². The summed E-state index contributed by atoms with van der Waals surface area (Å²) in [5.74, 6) is 0.389. The standard InChI is InChI=1S/C22H29N3O3.ClH/c1-15(2)21(23)22(27)24-13-12-17-6-10-19(11-7-17)28-14-20(26)25-18-8-4-16(3)5-9-18;/h4-11,15,21H,12-14,23H2,1-3H3,(H,24,27)(H,25,26);1H/t21-;/m0./s1. The van der Waals surface area contributed by atoms with Crippen LogP contribution in [0, 0.1) is 12.8 Å². The molecule has 29 heavy (non-hydrogen) atoms. The summed E-state index contributed by atoms with van der Waals surface area (Å²) in [6.45, 7) is 6.30. The van der Waals surface area contributed by atoms with Crippen LogP contribution >= 0.6 is 12.4 Å². The van der Waals surface area contributed by atoms with E-state index in [-0.39, 0.29) is 36.7 Å². The molecule has 0 heterocycles. The Kier molecular flexibility index (Phi) is 10.2. The summed E-state index contributed by atoms with van der Waals surface area (Å²) in [5.41, 5.74) is 8.76. The van der Waals surface area contributed by atoms with Crippen molar-refractivity contribution < 1.29 is 14.3 Å². The molecule has 4 N–H and O–H groups in total. The topological polar surface area (TPSA) is 93.5 Å². The second kappa shape index (κ2) is 12.1. The van der Waals surface area contributed by atoms with Crippen molar-refractivity contribution in [1.29, 1.82) is 0 Å². The SMILES string of the molecule is Cc1ccc(NC(=O)COc2ccc(CCNC(=O)[C@@H](N)C(C)C)cc2)cc1.Cl. The minimum Gasteiger partial charge on any atom is -0.484 e. The Hall–Kier alpha value is -2.57. The predicted octanol–water partition coefficient (Wildman–Crippen LogP) is 3.08. The average molecular weight is 420 g/mol. The normalized spacial score (nSPS) is 11.3. The molecule has 0 radical (unpaired) electrons. The summed E-state index contributed by atoms with van der Waals surface area (Å²) in [6.07, 6.45) is 0.699. The lowest BCUT2D eigenvalue weighted by atomic mass is 10.0. The first-order valence-corrected chi connectivity index (χ1v) is 9.46. The molecule has 0 aromatic heterocycles. The molecule has 7 heteroatoms. The molecule has 0 unspecified atom stereocenters. The molecule has 0 aliphatic carbocycles. The van der Waals surface area contributed by atoms with E-state index in [0.717, 1.165) is 16.8 Å². The van der Waals surface area contributed by atoms with Gasteiger partial charge < -0.3 is 21.1 Å². The number of hydrogen-bond donors (Lipinski definition) is 3. The summed E-state index contributed by atoms with van der Waals surface area (Å²) in [5, 5.41) is 5.64. The Bertz CT molecular complexity index is 777. The van der Waals surface area contributed by atoms with Gasteiger partial charge in [-0.2, -0.15) is 0 Å². The lowest BCUT2D eigenvalue weighted by Gasteiger charge is -2.15. The molecule has 1 atom stereocenters. The third-order valence-corrected chi connectivity index (χ3v) is 4.36. The van der Waals surface area contributed by atoms with Crippen LogP contribution in [0.25, 0.3) is 0 Å². The number of carbonyl (C=O) groups is 2. The van der Waals surface area contributed by atoms with Gasteiger partial charge in [-0.05, 0) is 49.1 Å². The molecule has 0 spiro atoms. The third-order valence-electron chi connectivity index (χ3n) is 4.36. The van der Waals surface area contributed by atoms with Crippen molar-refractivity contribution in [1.82, 2.24) is 5.32 Å². The van der Waals surface area contributed by atoms with Crippen LogP contribution < -0.4 is 21.1 Å². The van der Waals surface area contributed by atoms with Crippen LogP contribution in [0.15, 0.2) is 48.5 Å². The quantitative estimate of drug-likeness (QED) is 0.582. The second-order valence-corrected chi connectivity index (χ2v) is 7.16. The molecule has 2 amide bonds. The number of carbonyl (C=O) groups excluding carboxylic acids is 2. The molecule has 6 nitrogen and oxygen atoms in total. The van der Waals surface area contributed by atoms with Gasteiger partial charge in [-0.1, -0.05) is 43.7 Å². The van der Waals surface area contributed by atoms with E-state index in [0.29, 0.717) is 18.7 Å². The molecule has 0 saturated carbocycles. The smallest absolute Gasteiger partial charge is 0.262 e. The van der Waals surface area contributed by atoms with Crippen molar-refractivity contribution in [2.24, 2.45) is 11.7 Å². The minimum atomic E-state index is -0.484. The molecule has 0 aliphatic heterocycles. The van der Waals surface area contributed by atoms with Gasteiger partial charge in [-0.3, -0.25) is 9.59 Å². The zero-order valence-electron chi connectivity index (χ0n) is 17.1. The van der Waals surface area contributed by atoms with Gasteiger partial charge in [0, 0.05) is 12.2 Å². The first-order valence-electron chi connectivity index (χ1n) is 9.46. The van der Waals surface area contributed by atoms with Gasteiger partial charge in [0.05, 0.1) is 6.04 Å². The monoisotopic (exact) mass is 419 g/mol. The molecule has 2 rings (SSSR count).